The van der Waals surface area contributed by atoms with E-state index < -0.39 is 10.8 Å². The van der Waals surface area contributed by atoms with Crippen LogP contribution in [0.2, 0.25) is 0 Å². The van der Waals surface area contributed by atoms with E-state index in [1.54, 1.807) is 0 Å². The number of hydrogen-bond donors (Lipinski definition) is 1. The summed E-state index contributed by atoms with van der Waals surface area (Å²) < 4.78 is 12.2. The van der Waals surface area contributed by atoms with Crippen molar-refractivity contribution in [2.45, 2.75) is 52.5 Å². The molecule has 0 amide bonds. The van der Waals surface area contributed by atoms with Gasteiger partial charge in [-0.15, -0.1) is 0 Å². The lowest BCUT2D eigenvalue weighted by atomic mass is 10.1. The second-order valence-electron chi connectivity index (χ2n) is 5.44. The molecule has 0 aliphatic carbocycles. The summed E-state index contributed by atoms with van der Waals surface area (Å²) in [5, 5.41) is 3.53. The summed E-state index contributed by atoms with van der Waals surface area (Å²) in [5.41, 5.74) is 2.53. The molecule has 0 aromatic heterocycles. The lowest BCUT2D eigenvalue weighted by Gasteiger charge is -2.19. The van der Waals surface area contributed by atoms with E-state index in [0.29, 0.717) is 0 Å². The molecule has 0 saturated carbocycles. The van der Waals surface area contributed by atoms with Gasteiger partial charge in [0.25, 0.3) is 0 Å². The molecule has 1 aromatic rings. The fourth-order valence-corrected chi connectivity index (χ4v) is 3.55. The van der Waals surface area contributed by atoms with Crippen LogP contribution >= 0.6 is 0 Å². The van der Waals surface area contributed by atoms with E-state index in [2.05, 4.69) is 50.4 Å². The van der Waals surface area contributed by atoms with Gasteiger partial charge in [-0.25, -0.2) is 0 Å². The van der Waals surface area contributed by atoms with Crippen LogP contribution in [0, 0.1) is 6.92 Å². The first-order valence-electron chi connectivity index (χ1n) is 7.82. The maximum atomic E-state index is 12.2. The van der Waals surface area contributed by atoms with Crippen molar-refractivity contribution in [2.75, 3.05) is 18.1 Å². The van der Waals surface area contributed by atoms with Crippen LogP contribution in [0.25, 0.3) is 0 Å². The monoisotopic (exact) mass is 295 g/mol. The maximum Gasteiger partial charge on any atom is 0.0436 e. The van der Waals surface area contributed by atoms with E-state index in [4.69, 9.17) is 0 Å². The number of unbranched alkanes of at least 4 members (excludes halogenated alkanes) is 2. The van der Waals surface area contributed by atoms with Crippen molar-refractivity contribution < 1.29 is 4.21 Å². The van der Waals surface area contributed by atoms with Crippen LogP contribution in [0.3, 0.4) is 0 Å². The first kappa shape index (κ1) is 17.4. The molecule has 0 aliphatic heterocycles. The third kappa shape index (κ3) is 6.67. The van der Waals surface area contributed by atoms with Crippen molar-refractivity contribution in [3.63, 3.8) is 0 Å². The SMILES string of the molecule is CCCCCS(=O)CC(NCCC)c1ccc(C)cc1. The molecule has 0 fully saturated rings. The van der Waals surface area contributed by atoms with Crippen LogP contribution in [0.5, 0.6) is 0 Å². The van der Waals surface area contributed by atoms with E-state index in [1.165, 1.54) is 24.0 Å². The normalized spacial score (nSPS) is 14.2. The summed E-state index contributed by atoms with van der Waals surface area (Å²) in [6, 6.07) is 8.81. The Kier molecular flexibility index (Phi) is 8.79. The molecule has 114 valence electrons. The van der Waals surface area contributed by atoms with Gasteiger partial charge < -0.3 is 5.32 Å². The van der Waals surface area contributed by atoms with Crippen molar-refractivity contribution in [1.29, 1.82) is 0 Å². The van der Waals surface area contributed by atoms with E-state index in [-0.39, 0.29) is 6.04 Å². The van der Waals surface area contributed by atoms with Gasteiger partial charge in [0, 0.05) is 28.3 Å². The first-order chi connectivity index (χ1) is 9.67. The third-order valence-corrected chi connectivity index (χ3v) is 4.90. The fraction of sp³-hybridized carbons (Fsp3) is 0.647. The molecule has 3 heteroatoms. The Morgan fingerprint density at radius 1 is 1.10 bits per heavy atom. The molecular weight excluding hydrogens is 266 g/mol. The second kappa shape index (κ2) is 10.1. The van der Waals surface area contributed by atoms with Gasteiger partial charge in [0.1, 0.15) is 0 Å². The first-order valence-corrected chi connectivity index (χ1v) is 9.31. The number of aryl methyl sites for hydroxylation is 1. The second-order valence-corrected chi connectivity index (χ2v) is 7.06. The smallest absolute Gasteiger partial charge is 0.0436 e. The molecule has 2 nitrogen and oxygen atoms in total. The zero-order valence-corrected chi connectivity index (χ0v) is 14.0. The summed E-state index contributed by atoms with van der Waals surface area (Å²) in [6.07, 6.45) is 4.55. The molecule has 1 N–H and O–H groups in total. The average molecular weight is 295 g/mol. The highest BCUT2D eigenvalue weighted by Gasteiger charge is 2.14. The van der Waals surface area contributed by atoms with E-state index >= 15 is 0 Å². The molecule has 0 radical (unpaired) electrons. The van der Waals surface area contributed by atoms with Crippen molar-refractivity contribution in [3.8, 4) is 0 Å². The van der Waals surface area contributed by atoms with Crippen molar-refractivity contribution in [1.82, 2.24) is 5.32 Å². The van der Waals surface area contributed by atoms with Crippen molar-refractivity contribution in [2.24, 2.45) is 0 Å². The van der Waals surface area contributed by atoms with Gasteiger partial charge in [-0.2, -0.15) is 0 Å². The quantitative estimate of drug-likeness (QED) is 0.662. The molecule has 0 saturated heterocycles. The van der Waals surface area contributed by atoms with Crippen LogP contribution < -0.4 is 5.32 Å². The molecule has 20 heavy (non-hydrogen) atoms. The largest absolute Gasteiger partial charge is 0.309 e. The summed E-state index contributed by atoms with van der Waals surface area (Å²) in [4.78, 5) is 0. The van der Waals surface area contributed by atoms with E-state index in [9.17, 15) is 4.21 Å². The van der Waals surface area contributed by atoms with E-state index in [0.717, 1.165) is 30.9 Å². The summed E-state index contributed by atoms with van der Waals surface area (Å²) in [5.74, 6) is 1.57. The Bertz CT molecular complexity index is 388. The van der Waals surface area contributed by atoms with Crippen molar-refractivity contribution >= 4 is 10.8 Å². The fourth-order valence-electron chi connectivity index (χ4n) is 2.17. The molecule has 2 unspecified atom stereocenters. The van der Waals surface area contributed by atoms with Crippen LogP contribution in [-0.2, 0) is 10.8 Å². The highest BCUT2D eigenvalue weighted by atomic mass is 32.2. The summed E-state index contributed by atoms with van der Waals surface area (Å²) in [6.45, 7) is 7.42. The van der Waals surface area contributed by atoms with Crippen molar-refractivity contribution in [3.05, 3.63) is 35.4 Å². The number of rotatable bonds is 10. The predicted octanol–water partition coefficient (Wildman–Crippen LogP) is 3.97. The molecule has 0 bridgehead atoms. The Morgan fingerprint density at radius 3 is 2.40 bits per heavy atom. The number of hydrogen-bond acceptors (Lipinski definition) is 2. The maximum absolute atomic E-state index is 12.2. The minimum Gasteiger partial charge on any atom is -0.309 e. The van der Waals surface area contributed by atoms with Crippen LogP contribution in [0.4, 0.5) is 0 Å². The predicted molar refractivity (Wildman–Crippen MR) is 89.6 cm³/mol. The Balaban J connectivity index is 2.59. The minimum absolute atomic E-state index is 0.220. The molecule has 2 atom stereocenters. The summed E-state index contributed by atoms with van der Waals surface area (Å²) in [7, 11) is -0.723. The van der Waals surface area contributed by atoms with Crippen LogP contribution in [0.15, 0.2) is 24.3 Å². The Hall–Kier alpha value is -0.670. The third-order valence-electron chi connectivity index (χ3n) is 3.45. The highest BCUT2D eigenvalue weighted by molar-refractivity contribution is 7.85. The van der Waals surface area contributed by atoms with Crippen LogP contribution in [-0.4, -0.2) is 22.3 Å². The lowest BCUT2D eigenvalue weighted by molar-refractivity contribution is 0.569. The molecule has 1 aromatic carbocycles. The van der Waals surface area contributed by atoms with Gasteiger partial charge >= 0.3 is 0 Å². The zero-order valence-electron chi connectivity index (χ0n) is 13.2. The molecule has 1 rings (SSSR count). The zero-order chi connectivity index (χ0) is 14.8. The van der Waals surface area contributed by atoms with Gasteiger partial charge in [-0.05, 0) is 31.9 Å². The lowest BCUT2D eigenvalue weighted by Crippen LogP contribution is -2.27. The van der Waals surface area contributed by atoms with Gasteiger partial charge in [-0.1, -0.05) is 56.5 Å². The molecular formula is C17H29NOS. The topological polar surface area (TPSA) is 29.1 Å². The van der Waals surface area contributed by atoms with Gasteiger partial charge in [0.2, 0.25) is 0 Å². The average Bonchev–Trinajstić information content (AvgIpc) is 2.44. The summed E-state index contributed by atoms with van der Waals surface area (Å²) >= 11 is 0. The molecule has 0 aliphatic rings. The van der Waals surface area contributed by atoms with Gasteiger partial charge in [0.05, 0.1) is 0 Å². The highest BCUT2D eigenvalue weighted by Crippen LogP contribution is 2.16. The van der Waals surface area contributed by atoms with Gasteiger partial charge in [-0.3, -0.25) is 4.21 Å². The van der Waals surface area contributed by atoms with Gasteiger partial charge in [0.15, 0.2) is 0 Å². The minimum atomic E-state index is -0.723. The molecule has 0 spiro atoms. The Labute approximate surface area is 126 Å². The van der Waals surface area contributed by atoms with Crippen LogP contribution in [0.1, 0.15) is 56.7 Å². The van der Waals surface area contributed by atoms with E-state index in [1.807, 2.05) is 0 Å². The number of benzene rings is 1. The molecule has 0 heterocycles. The Morgan fingerprint density at radius 2 is 1.80 bits per heavy atom. The standard InChI is InChI=1S/C17H29NOS/c1-4-6-7-13-20(19)14-17(18-12-5-2)16-10-8-15(3)9-11-16/h8-11,17-18H,4-7,12-14H2,1-3H3. The number of nitrogens with one attached hydrogen (secondary N) is 1.